The number of carbonyl (C=O) groups excluding carboxylic acids is 2. The van der Waals surface area contributed by atoms with Crippen molar-refractivity contribution in [2.45, 2.75) is 59.9 Å². The van der Waals surface area contributed by atoms with E-state index in [0.717, 1.165) is 31.3 Å². The molecular weight excluding hydrogens is 384 g/mol. The molecule has 0 bridgehead atoms. The number of pyridine rings is 1. The van der Waals surface area contributed by atoms with Crippen LogP contribution in [0.4, 0.5) is 5.69 Å². The molecule has 162 valence electrons. The Balaban J connectivity index is 2.65. The Labute approximate surface area is 176 Å². The van der Waals surface area contributed by atoms with E-state index >= 15 is 0 Å². The highest BCUT2D eigenvalue weighted by Crippen LogP contribution is 2.34. The van der Waals surface area contributed by atoms with Crippen molar-refractivity contribution < 1.29 is 19.1 Å². The Morgan fingerprint density at radius 3 is 2.53 bits per heavy atom. The number of benzene rings is 1. The minimum Gasteiger partial charge on any atom is -0.485 e. The number of amides is 1. The van der Waals surface area contributed by atoms with Gasteiger partial charge >= 0.3 is 0 Å². The largest absolute Gasteiger partial charge is 0.485 e. The molecule has 1 heterocycles. The Morgan fingerprint density at radius 1 is 1.13 bits per heavy atom. The normalized spacial score (nSPS) is 10.5. The molecule has 0 atom stereocenters. The molecule has 7 heteroatoms. The average Bonchev–Trinajstić information content (AvgIpc) is 2.68. The first kappa shape index (κ1) is 23.2. The summed E-state index contributed by atoms with van der Waals surface area (Å²) in [6.45, 7) is 8.38. The molecule has 0 saturated carbocycles. The number of nitrogens with zero attached hydrogens (tertiary/aromatic N) is 1. The lowest BCUT2D eigenvalue weighted by atomic mass is 10.1. The van der Waals surface area contributed by atoms with E-state index in [0.29, 0.717) is 23.1 Å². The van der Waals surface area contributed by atoms with Gasteiger partial charge in [-0.1, -0.05) is 31.8 Å². The first-order chi connectivity index (χ1) is 14.4. The Bertz CT molecular complexity index is 987. The number of rotatable bonds is 11. The van der Waals surface area contributed by atoms with Crippen LogP contribution in [-0.4, -0.2) is 23.6 Å². The fourth-order valence-electron chi connectivity index (χ4n) is 3.19. The molecule has 0 aliphatic rings. The summed E-state index contributed by atoms with van der Waals surface area (Å²) >= 11 is 0. The Kier molecular flexibility index (Phi) is 8.65. The number of anilines is 1. The third kappa shape index (κ3) is 5.95. The van der Waals surface area contributed by atoms with Crippen LogP contribution < -0.4 is 20.3 Å². The van der Waals surface area contributed by atoms with Crippen molar-refractivity contribution in [3.05, 3.63) is 40.2 Å². The van der Waals surface area contributed by atoms with Crippen molar-refractivity contribution in [3.63, 3.8) is 0 Å². The van der Waals surface area contributed by atoms with Gasteiger partial charge in [-0.05, 0) is 44.5 Å². The molecule has 0 radical (unpaired) electrons. The average molecular weight is 415 g/mol. The molecule has 0 aliphatic heterocycles. The number of carbonyl (C=O) groups is 2. The van der Waals surface area contributed by atoms with Crippen molar-refractivity contribution in [1.82, 2.24) is 4.57 Å². The second-order valence-electron chi connectivity index (χ2n) is 7.40. The van der Waals surface area contributed by atoms with Gasteiger partial charge in [0.05, 0.1) is 5.52 Å². The van der Waals surface area contributed by atoms with Gasteiger partial charge in [0.15, 0.2) is 5.75 Å². The standard InChI is InChI=1S/C23H30N2O5/c1-5-6-7-8-12-25-20-14-18(24-17(4)27)9-10-19(20)21(29-13-11-16(2)3)22(23(25)28)30-15-26/h9-11,14-15H,5-8,12-13H2,1-4H3,(H,24,27). The number of hydrogen-bond donors (Lipinski definition) is 1. The second kappa shape index (κ2) is 11.2. The fraction of sp³-hybridized carbons (Fsp3) is 0.435. The van der Waals surface area contributed by atoms with Crippen molar-refractivity contribution in [2.24, 2.45) is 0 Å². The van der Waals surface area contributed by atoms with E-state index in [4.69, 9.17) is 9.47 Å². The Hall–Kier alpha value is -3.09. The summed E-state index contributed by atoms with van der Waals surface area (Å²) in [5, 5.41) is 3.38. The minimum absolute atomic E-state index is 0.123. The summed E-state index contributed by atoms with van der Waals surface area (Å²) < 4.78 is 12.5. The molecular formula is C23H30N2O5. The number of fused-ring (bicyclic) bond motifs is 1. The third-order valence-corrected chi connectivity index (χ3v) is 4.62. The molecule has 0 aliphatic carbocycles. The molecule has 0 spiro atoms. The highest BCUT2D eigenvalue weighted by Gasteiger charge is 2.20. The zero-order valence-electron chi connectivity index (χ0n) is 18.1. The summed E-state index contributed by atoms with van der Waals surface area (Å²) in [7, 11) is 0. The zero-order valence-corrected chi connectivity index (χ0v) is 18.1. The topological polar surface area (TPSA) is 86.6 Å². The SMILES string of the molecule is CCCCCCn1c(=O)c(OC=O)c(OCC=C(C)C)c2ccc(NC(C)=O)cc21. The van der Waals surface area contributed by atoms with Crippen LogP contribution in [0.5, 0.6) is 11.5 Å². The number of ether oxygens (including phenoxy) is 2. The van der Waals surface area contributed by atoms with Gasteiger partial charge in [0.25, 0.3) is 12.0 Å². The van der Waals surface area contributed by atoms with Gasteiger partial charge in [-0.15, -0.1) is 0 Å². The van der Waals surface area contributed by atoms with Gasteiger partial charge in [0.1, 0.15) is 6.61 Å². The summed E-state index contributed by atoms with van der Waals surface area (Å²) in [4.78, 5) is 35.8. The van der Waals surface area contributed by atoms with Gasteiger partial charge in [-0.3, -0.25) is 14.4 Å². The van der Waals surface area contributed by atoms with Crippen LogP contribution in [0.2, 0.25) is 0 Å². The van der Waals surface area contributed by atoms with Crippen molar-refractivity contribution in [1.29, 1.82) is 0 Å². The second-order valence-corrected chi connectivity index (χ2v) is 7.40. The first-order valence-corrected chi connectivity index (χ1v) is 10.2. The summed E-state index contributed by atoms with van der Waals surface area (Å²) in [5.41, 5.74) is 1.83. The van der Waals surface area contributed by atoms with Crippen LogP contribution in [0.1, 0.15) is 53.4 Å². The van der Waals surface area contributed by atoms with Crippen LogP contribution in [0.25, 0.3) is 10.9 Å². The quantitative estimate of drug-likeness (QED) is 0.334. The smallest absolute Gasteiger partial charge is 0.298 e. The molecule has 0 fully saturated rings. The van der Waals surface area contributed by atoms with Gasteiger partial charge in [-0.2, -0.15) is 0 Å². The van der Waals surface area contributed by atoms with Gasteiger partial charge in [0, 0.05) is 24.5 Å². The maximum absolute atomic E-state index is 13.2. The molecule has 0 saturated heterocycles. The molecule has 0 unspecified atom stereocenters. The van der Waals surface area contributed by atoms with Crippen LogP contribution in [-0.2, 0) is 16.1 Å². The maximum Gasteiger partial charge on any atom is 0.298 e. The maximum atomic E-state index is 13.2. The molecule has 2 rings (SSSR count). The first-order valence-electron chi connectivity index (χ1n) is 10.2. The number of aryl methyl sites for hydroxylation is 1. The van der Waals surface area contributed by atoms with E-state index in [9.17, 15) is 14.4 Å². The predicted octanol–water partition coefficient (Wildman–Crippen LogP) is 4.42. The van der Waals surface area contributed by atoms with Crippen molar-refractivity contribution >= 4 is 29.0 Å². The lowest BCUT2D eigenvalue weighted by molar-refractivity contribution is -0.121. The number of hydrogen-bond acceptors (Lipinski definition) is 5. The highest BCUT2D eigenvalue weighted by atomic mass is 16.5. The fourth-order valence-corrected chi connectivity index (χ4v) is 3.19. The summed E-state index contributed by atoms with van der Waals surface area (Å²) in [6.07, 6.45) is 5.83. The van der Waals surface area contributed by atoms with Crippen molar-refractivity contribution in [3.8, 4) is 11.5 Å². The number of nitrogens with one attached hydrogen (secondary N) is 1. The van der Waals surface area contributed by atoms with E-state index in [2.05, 4.69) is 12.2 Å². The minimum atomic E-state index is -0.432. The number of aromatic nitrogens is 1. The molecule has 7 nitrogen and oxygen atoms in total. The third-order valence-electron chi connectivity index (χ3n) is 4.62. The number of allylic oxidation sites excluding steroid dienone is 1. The van der Waals surface area contributed by atoms with E-state index in [1.807, 2.05) is 19.9 Å². The van der Waals surface area contributed by atoms with Crippen LogP contribution in [0.15, 0.2) is 34.6 Å². The summed E-state index contributed by atoms with van der Waals surface area (Å²) in [6, 6.07) is 5.24. The van der Waals surface area contributed by atoms with Crippen LogP contribution in [0.3, 0.4) is 0 Å². The van der Waals surface area contributed by atoms with Gasteiger partial charge in [0.2, 0.25) is 11.7 Å². The molecule has 1 N–H and O–H groups in total. The van der Waals surface area contributed by atoms with Crippen LogP contribution >= 0.6 is 0 Å². The van der Waals surface area contributed by atoms with E-state index in [1.54, 1.807) is 22.8 Å². The van der Waals surface area contributed by atoms with E-state index < -0.39 is 5.56 Å². The van der Waals surface area contributed by atoms with Gasteiger partial charge < -0.3 is 19.4 Å². The van der Waals surface area contributed by atoms with Crippen LogP contribution in [0, 0.1) is 0 Å². The monoisotopic (exact) mass is 414 g/mol. The molecule has 30 heavy (non-hydrogen) atoms. The zero-order chi connectivity index (χ0) is 22.1. The van der Waals surface area contributed by atoms with Gasteiger partial charge in [-0.25, -0.2) is 0 Å². The molecule has 1 aromatic carbocycles. The summed E-state index contributed by atoms with van der Waals surface area (Å²) in [5.74, 6) is -0.103. The van der Waals surface area contributed by atoms with E-state index in [1.165, 1.54) is 6.92 Å². The lowest BCUT2D eigenvalue weighted by Gasteiger charge is -2.17. The van der Waals surface area contributed by atoms with Crippen molar-refractivity contribution in [2.75, 3.05) is 11.9 Å². The predicted molar refractivity (Wildman–Crippen MR) is 118 cm³/mol. The Morgan fingerprint density at radius 2 is 1.90 bits per heavy atom. The lowest BCUT2D eigenvalue weighted by Crippen LogP contribution is -2.24. The molecule has 2 aromatic rings. The van der Waals surface area contributed by atoms with E-state index in [-0.39, 0.29) is 30.5 Å². The molecule has 1 aromatic heterocycles. The molecule has 1 amide bonds. The highest BCUT2D eigenvalue weighted by molar-refractivity contribution is 5.95. The number of unbranched alkanes of at least 4 members (excludes halogenated alkanes) is 3.